The van der Waals surface area contributed by atoms with Gasteiger partial charge in [0.25, 0.3) is 0 Å². The summed E-state index contributed by atoms with van der Waals surface area (Å²) in [5.74, 6) is 0.820. The highest BCUT2D eigenvalue weighted by molar-refractivity contribution is 7.75. The van der Waals surface area contributed by atoms with E-state index in [0.717, 1.165) is 30.1 Å². The van der Waals surface area contributed by atoms with Crippen LogP contribution >= 0.6 is 7.26 Å². The van der Waals surface area contributed by atoms with Gasteiger partial charge in [0.15, 0.2) is 5.96 Å². The summed E-state index contributed by atoms with van der Waals surface area (Å²) < 4.78 is 0. The Morgan fingerprint density at radius 3 is 1.88 bits per heavy atom. The Kier molecular flexibility index (Phi) is 19.0. The number of hydrogen-bond acceptors (Lipinski definition) is 2. The molecule has 0 saturated heterocycles. The first-order chi connectivity index (χ1) is 23.0. The van der Waals surface area contributed by atoms with Crippen molar-refractivity contribution in [3.63, 3.8) is 0 Å². The first-order valence-electron chi connectivity index (χ1n) is 19.4. The molecule has 0 aliphatic heterocycles. The lowest BCUT2D eigenvalue weighted by Gasteiger charge is -2.29. The molecule has 0 aromatic heterocycles. The molecule has 0 spiro atoms. The first-order valence-corrected chi connectivity index (χ1v) is 21.9. The molecule has 7 heteroatoms. The Bertz CT molecular complexity index is 1160. The van der Waals surface area contributed by atoms with Crippen molar-refractivity contribution >= 4 is 24.8 Å². The van der Waals surface area contributed by atoms with E-state index in [1.54, 1.807) is 0 Å². The van der Waals surface area contributed by atoms with Crippen LogP contribution in [-0.2, 0) is 17.4 Å². The minimum Gasteiger partial charge on any atom is -1.00 e. The van der Waals surface area contributed by atoms with Gasteiger partial charge in [0.05, 0.1) is 30.7 Å². The summed E-state index contributed by atoms with van der Waals surface area (Å²) in [4.78, 5) is 19.3. The molecule has 3 N–H and O–H groups in total. The largest absolute Gasteiger partial charge is 1.00 e. The Hall–Kier alpha value is -2.10. The summed E-state index contributed by atoms with van der Waals surface area (Å²) in [5, 5.41) is 10.7. The number of aliphatic imine (C=N–C) groups is 1. The summed E-state index contributed by atoms with van der Waals surface area (Å²) in [6, 6.07) is 19.6. The van der Waals surface area contributed by atoms with Crippen molar-refractivity contribution in [2.75, 3.05) is 23.8 Å². The smallest absolute Gasteiger partial charge is 0.247 e. The van der Waals surface area contributed by atoms with Crippen LogP contribution in [0.2, 0.25) is 0 Å². The van der Waals surface area contributed by atoms with E-state index in [1.807, 2.05) is 6.07 Å². The van der Waals surface area contributed by atoms with E-state index in [-0.39, 0.29) is 18.3 Å². The van der Waals surface area contributed by atoms with Gasteiger partial charge in [-0.25, -0.2) is 4.99 Å². The number of unbranched alkanes of at least 4 members (excludes halogenated alkanes) is 3. The van der Waals surface area contributed by atoms with E-state index in [2.05, 4.69) is 85.3 Å². The molecule has 2 aromatic carbocycles. The van der Waals surface area contributed by atoms with Gasteiger partial charge >= 0.3 is 0 Å². The minimum atomic E-state index is -1.03. The number of anilines is 1. The number of rotatable bonds is 18. The number of halogens is 1. The van der Waals surface area contributed by atoms with Crippen molar-refractivity contribution in [3.8, 4) is 0 Å². The molecule has 2 aromatic rings. The van der Waals surface area contributed by atoms with Gasteiger partial charge in [0, 0.05) is 25.4 Å². The van der Waals surface area contributed by atoms with Crippen LogP contribution in [-0.4, -0.2) is 48.5 Å². The van der Waals surface area contributed by atoms with Gasteiger partial charge in [-0.1, -0.05) is 121 Å². The highest BCUT2D eigenvalue weighted by Crippen LogP contribution is 2.63. The predicted molar refractivity (Wildman–Crippen MR) is 206 cm³/mol. The van der Waals surface area contributed by atoms with Gasteiger partial charge < -0.3 is 28.4 Å². The molecule has 2 aliphatic carbocycles. The van der Waals surface area contributed by atoms with Gasteiger partial charge in [-0.05, 0) is 68.2 Å². The van der Waals surface area contributed by atoms with Crippen LogP contribution in [0.4, 0.5) is 5.69 Å². The standard InChI is InChI=1S/C41H65N4OP.ClH/c1-4-7-29-47(30-8-5-2,31-9-6-3)33-35-25-27-38(28-26-35)42-40(46)39(32-34-19-13-10-14-20-34)45-41(43-36-21-15-11-16-22-36)44-37-23-17-12-18-24-37;/h10,13-14,19-20,25-28,36-37,39H,4-9,11-12,15-18,21-24,29-33H2,1-3H3,(H2-,42,43,44,45,46);1H/t39-;/m0./s1. The van der Waals surface area contributed by atoms with Crippen LogP contribution in [0.25, 0.3) is 0 Å². The van der Waals surface area contributed by atoms with E-state index in [9.17, 15) is 4.79 Å². The maximum Gasteiger partial charge on any atom is 0.247 e. The lowest BCUT2D eigenvalue weighted by atomic mass is 9.95. The number of guanidine groups is 1. The minimum absolute atomic E-state index is 0. The summed E-state index contributed by atoms with van der Waals surface area (Å²) >= 11 is 0. The average molecular weight is 697 g/mol. The van der Waals surface area contributed by atoms with Gasteiger partial charge in [0.1, 0.15) is 6.04 Å². The Morgan fingerprint density at radius 1 is 0.750 bits per heavy atom. The van der Waals surface area contributed by atoms with Crippen LogP contribution in [0.5, 0.6) is 0 Å². The normalized spacial score (nSPS) is 16.9. The summed E-state index contributed by atoms with van der Waals surface area (Å²) in [6.45, 7) is 7.01. The summed E-state index contributed by atoms with van der Waals surface area (Å²) in [5.41, 5.74) is 3.47. The number of amides is 1. The molecule has 2 fully saturated rings. The quantitative estimate of drug-likeness (QED) is 0.0868. The fourth-order valence-electron chi connectivity index (χ4n) is 7.54. The molecule has 0 bridgehead atoms. The van der Waals surface area contributed by atoms with Gasteiger partial charge in [0.2, 0.25) is 5.91 Å². The van der Waals surface area contributed by atoms with Gasteiger partial charge in [-0.2, -0.15) is 0 Å². The average Bonchev–Trinajstić information content (AvgIpc) is 3.10. The lowest BCUT2D eigenvalue weighted by molar-refractivity contribution is -0.117. The monoisotopic (exact) mass is 696 g/mol. The summed E-state index contributed by atoms with van der Waals surface area (Å²) in [7, 11) is -1.03. The molecular weight excluding hydrogens is 631 g/mol. The molecular formula is C41H66ClN4OP. The second-order valence-corrected chi connectivity index (χ2v) is 18.9. The third kappa shape index (κ3) is 14.0. The second-order valence-electron chi connectivity index (χ2n) is 14.6. The Labute approximate surface area is 300 Å². The number of nitrogens with one attached hydrogen (secondary N) is 3. The highest BCUT2D eigenvalue weighted by Gasteiger charge is 2.35. The predicted octanol–water partition coefficient (Wildman–Crippen LogP) is 7.36. The zero-order chi connectivity index (χ0) is 33.2. The molecule has 5 nitrogen and oxygen atoms in total. The van der Waals surface area contributed by atoms with Crippen molar-refractivity contribution in [1.29, 1.82) is 0 Å². The van der Waals surface area contributed by atoms with Crippen molar-refractivity contribution in [2.24, 2.45) is 4.99 Å². The van der Waals surface area contributed by atoms with Crippen molar-refractivity contribution in [2.45, 2.75) is 154 Å². The van der Waals surface area contributed by atoms with Crippen molar-refractivity contribution < 1.29 is 17.2 Å². The first kappa shape index (κ1) is 40.3. The van der Waals surface area contributed by atoms with Crippen LogP contribution in [0.3, 0.4) is 0 Å². The number of nitrogens with zero attached hydrogens (tertiary/aromatic N) is 1. The number of carbonyl (C=O) groups excluding carboxylic acids is 1. The Morgan fingerprint density at radius 2 is 1.31 bits per heavy atom. The molecule has 2 aliphatic rings. The van der Waals surface area contributed by atoms with Crippen molar-refractivity contribution in [3.05, 3.63) is 65.7 Å². The van der Waals surface area contributed by atoms with Crippen LogP contribution < -0.4 is 28.4 Å². The molecule has 0 heterocycles. The molecule has 2 saturated carbocycles. The molecule has 4 rings (SSSR count). The fourth-order valence-corrected chi connectivity index (χ4v) is 12.6. The maximum atomic E-state index is 14.1. The van der Waals surface area contributed by atoms with Gasteiger partial charge in [-0.3, -0.25) is 4.79 Å². The SMILES string of the molecule is CCCC[P+](CCCC)(CCCC)Cc1ccc(NC(=O)[C@H](Cc2ccccc2)NC(=NC2CCCCC2)NC2CCCCC2)cc1.[Cl-]. The molecule has 0 radical (unpaired) electrons. The zero-order valence-electron chi connectivity index (χ0n) is 30.5. The second kappa shape index (κ2) is 22.6. The topological polar surface area (TPSA) is 65.5 Å². The molecule has 268 valence electrons. The highest BCUT2D eigenvalue weighted by atomic mass is 35.5. The lowest BCUT2D eigenvalue weighted by Crippen LogP contribution is -3.00. The van der Waals surface area contributed by atoms with E-state index in [1.165, 1.54) is 120 Å². The Balaban J connectivity index is 0.00000625. The molecule has 1 amide bonds. The van der Waals surface area contributed by atoms with E-state index >= 15 is 0 Å². The van der Waals surface area contributed by atoms with Crippen LogP contribution in [0.15, 0.2) is 59.6 Å². The van der Waals surface area contributed by atoms with Crippen LogP contribution in [0, 0.1) is 0 Å². The molecule has 0 unspecified atom stereocenters. The number of carbonyl (C=O) groups is 1. The van der Waals surface area contributed by atoms with Crippen LogP contribution in [0.1, 0.15) is 135 Å². The third-order valence-corrected chi connectivity index (χ3v) is 15.3. The fraction of sp³-hybridized carbons (Fsp3) is 0.659. The van der Waals surface area contributed by atoms with Gasteiger partial charge in [-0.15, -0.1) is 0 Å². The van der Waals surface area contributed by atoms with E-state index in [0.29, 0.717) is 18.5 Å². The maximum absolute atomic E-state index is 14.1. The third-order valence-electron chi connectivity index (χ3n) is 10.4. The van der Waals surface area contributed by atoms with Crippen molar-refractivity contribution in [1.82, 2.24) is 10.6 Å². The number of hydrogen-bond donors (Lipinski definition) is 3. The van der Waals surface area contributed by atoms with E-state index in [4.69, 9.17) is 4.99 Å². The molecule has 48 heavy (non-hydrogen) atoms. The van der Waals surface area contributed by atoms with E-state index < -0.39 is 13.3 Å². The number of benzene rings is 2. The zero-order valence-corrected chi connectivity index (χ0v) is 32.1. The summed E-state index contributed by atoms with van der Waals surface area (Å²) in [6.07, 6.45) is 26.3. The molecule has 1 atom stereocenters.